The Morgan fingerprint density at radius 1 is 1.12 bits per heavy atom. The van der Waals surface area contributed by atoms with Crippen molar-refractivity contribution in [3.63, 3.8) is 0 Å². The van der Waals surface area contributed by atoms with Crippen LogP contribution in [0.25, 0.3) is 6.08 Å². The third-order valence-electron chi connectivity index (χ3n) is 5.08. The van der Waals surface area contributed by atoms with Gasteiger partial charge in [0.2, 0.25) is 11.8 Å². The van der Waals surface area contributed by atoms with Crippen LogP contribution in [0.3, 0.4) is 0 Å². The number of carbonyl (C=O) groups is 2. The number of carbonyl (C=O) groups excluding carboxylic acids is 2. The average Bonchev–Trinajstić information content (AvgIpc) is 3.03. The topological polar surface area (TPSA) is 67.2 Å². The maximum absolute atomic E-state index is 12.5. The zero-order chi connectivity index (χ0) is 23.1. The van der Waals surface area contributed by atoms with E-state index < -0.39 is 0 Å². The molecule has 1 aromatic heterocycles. The molecule has 1 heterocycles. The Morgan fingerprint density at radius 3 is 2.53 bits per heavy atom. The summed E-state index contributed by atoms with van der Waals surface area (Å²) < 4.78 is 1.72. The summed E-state index contributed by atoms with van der Waals surface area (Å²) in [6.07, 6.45) is 3.13. The van der Waals surface area contributed by atoms with Crippen molar-refractivity contribution >= 4 is 35.2 Å². The summed E-state index contributed by atoms with van der Waals surface area (Å²) in [7, 11) is 0. The molecule has 0 saturated heterocycles. The Kier molecular flexibility index (Phi) is 7.84. The monoisotopic (exact) mass is 450 g/mol. The van der Waals surface area contributed by atoms with E-state index >= 15 is 0 Å². The highest BCUT2D eigenvalue weighted by atomic mass is 35.5. The minimum atomic E-state index is -0.271. The van der Waals surface area contributed by atoms with Gasteiger partial charge in [0.15, 0.2) is 0 Å². The van der Waals surface area contributed by atoms with Crippen LogP contribution in [0.15, 0.2) is 60.7 Å². The second-order valence-electron chi connectivity index (χ2n) is 7.49. The number of anilines is 1. The maximum Gasteiger partial charge on any atom is 0.248 e. The van der Waals surface area contributed by atoms with Gasteiger partial charge in [-0.2, -0.15) is 5.10 Å². The van der Waals surface area contributed by atoms with Crippen LogP contribution in [-0.2, 0) is 22.7 Å². The van der Waals surface area contributed by atoms with E-state index in [1.54, 1.807) is 22.6 Å². The number of halogens is 1. The van der Waals surface area contributed by atoms with Crippen molar-refractivity contribution in [2.24, 2.45) is 0 Å². The molecule has 32 heavy (non-hydrogen) atoms. The van der Waals surface area contributed by atoms with Gasteiger partial charge in [-0.05, 0) is 43.2 Å². The molecule has 3 rings (SSSR count). The van der Waals surface area contributed by atoms with E-state index in [-0.39, 0.29) is 11.8 Å². The molecule has 3 aromatic rings. The fourth-order valence-electron chi connectivity index (χ4n) is 3.37. The van der Waals surface area contributed by atoms with Gasteiger partial charge in [-0.25, -0.2) is 4.68 Å². The molecule has 166 valence electrons. The predicted molar refractivity (Wildman–Crippen MR) is 128 cm³/mol. The molecule has 2 amide bonds. The third kappa shape index (κ3) is 6.08. The molecular weight excluding hydrogens is 424 g/mol. The van der Waals surface area contributed by atoms with Crippen molar-refractivity contribution in [3.8, 4) is 0 Å². The number of rotatable bonds is 8. The molecule has 6 nitrogen and oxygen atoms in total. The van der Waals surface area contributed by atoms with Crippen molar-refractivity contribution < 1.29 is 9.59 Å². The van der Waals surface area contributed by atoms with E-state index in [2.05, 4.69) is 10.4 Å². The van der Waals surface area contributed by atoms with Gasteiger partial charge in [-0.15, -0.1) is 0 Å². The minimum Gasteiger partial charge on any atom is -0.339 e. The van der Waals surface area contributed by atoms with Gasteiger partial charge in [0.1, 0.15) is 5.15 Å². The SMILES string of the molecule is CCN(Cc1cccc(NC(=O)/C=C/c2c(C)nn(Cc3ccccc3)c2Cl)c1)C(C)=O. The summed E-state index contributed by atoms with van der Waals surface area (Å²) in [6.45, 7) is 7.04. The Morgan fingerprint density at radius 2 is 1.84 bits per heavy atom. The molecule has 2 aromatic carbocycles. The maximum atomic E-state index is 12.5. The van der Waals surface area contributed by atoms with Crippen LogP contribution in [0.4, 0.5) is 5.69 Å². The quantitative estimate of drug-likeness (QED) is 0.495. The second kappa shape index (κ2) is 10.8. The number of hydrogen-bond acceptors (Lipinski definition) is 3. The fraction of sp³-hybridized carbons (Fsp3) is 0.240. The number of benzene rings is 2. The van der Waals surface area contributed by atoms with Gasteiger partial charge >= 0.3 is 0 Å². The van der Waals surface area contributed by atoms with Crippen LogP contribution >= 0.6 is 11.6 Å². The lowest BCUT2D eigenvalue weighted by Crippen LogP contribution is -2.27. The number of nitrogens with one attached hydrogen (secondary N) is 1. The Labute approximate surface area is 193 Å². The lowest BCUT2D eigenvalue weighted by atomic mass is 10.2. The Balaban J connectivity index is 1.67. The molecule has 0 fully saturated rings. The summed E-state index contributed by atoms with van der Waals surface area (Å²) in [6, 6.07) is 17.4. The zero-order valence-electron chi connectivity index (χ0n) is 18.5. The van der Waals surface area contributed by atoms with Crippen molar-refractivity contribution in [2.45, 2.75) is 33.9 Å². The van der Waals surface area contributed by atoms with Gasteiger partial charge < -0.3 is 10.2 Å². The highest BCUT2D eigenvalue weighted by Crippen LogP contribution is 2.22. The van der Waals surface area contributed by atoms with Crippen molar-refractivity contribution in [3.05, 3.63) is 88.2 Å². The lowest BCUT2D eigenvalue weighted by Gasteiger charge is -2.19. The molecule has 0 bridgehead atoms. The predicted octanol–water partition coefficient (Wildman–Crippen LogP) is 4.91. The Hall–Kier alpha value is -3.38. The molecule has 0 aliphatic heterocycles. The smallest absolute Gasteiger partial charge is 0.248 e. The molecule has 1 N–H and O–H groups in total. The van der Waals surface area contributed by atoms with E-state index in [1.807, 2.05) is 68.4 Å². The second-order valence-corrected chi connectivity index (χ2v) is 7.85. The molecule has 0 aliphatic rings. The van der Waals surface area contributed by atoms with Gasteiger partial charge in [0.05, 0.1) is 12.2 Å². The summed E-state index contributed by atoms with van der Waals surface area (Å²) in [5.74, 6) is -0.253. The van der Waals surface area contributed by atoms with E-state index in [4.69, 9.17) is 11.6 Å². The van der Waals surface area contributed by atoms with Crippen LogP contribution in [0.2, 0.25) is 5.15 Å². The summed E-state index contributed by atoms with van der Waals surface area (Å²) in [5.41, 5.74) is 4.17. The van der Waals surface area contributed by atoms with E-state index in [9.17, 15) is 9.59 Å². The summed E-state index contributed by atoms with van der Waals surface area (Å²) in [4.78, 5) is 25.9. The number of aryl methyl sites for hydroxylation is 1. The summed E-state index contributed by atoms with van der Waals surface area (Å²) in [5, 5.41) is 7.84. The normalized spacial score (nSPS) is 11.0. The molecule has 0 aliphatic carbocycles. The number of aromatic nitrogens is 2. The van der Waals surface area contributed by atoms with Crippen LogP contribution in [-0.4, -0.2) is 33.0 Å². The summed E-state index contributed by atoms with van der Waals surface area (Å²) >= 11 is 6.52. The fourth-order valence-corrected chi connectivity index (χ4v) is 3.67. The first-order chi connectivity index (χ1) is 15.4. The first-order valence-corrected chi connectivity index (χ1v) is 10.9. The molecule has 7 heteroatoms. The molecule has 0 atom stereocenters. The van der Waals surface area contributed by atoms with E-state index in [1.165, 1.54) is 6.08 Å². The minimum absolute atomic E-state index is 0.0185. The van der Waals surface area contributed by atoms with Crippen LogP contribution in [0.5, 0.6) is 0 Å². The van der Waals surface area contributed by atoms with Gasteiger partial charge in [0.25, 0.3) is 0 Å². The van der Waals surface area contributed by atoms with E-state index in [0.29, 0.717) is 36.0 Å². The third-order valence-corrected chi connectivity index (χ3v) is 5.48. The molecule has 0 unspecified atom stereocenters. The van der Waals surface area contributed by atoms with Crippen molar-refractivity contribution in [2.75, 3.05) is 11.9 Å². The largest absolute Gasteiger partial charge is 0.339 e. The Bertz CT molecular complexity index is 1120. The van der Waals surface area contributed by atoms with Crippen LogP contribution in [0.1, 0.15) is 36.2 Å². The first kappa shape index (κ1) is 23.3. The van der Waals surface area contributed by atoms with Crippen molar-refractivity contribution in [1.29, 1.82) is 0 Å². The highest BCUT2D eigenvalue weighted by molar-refractivity contribution is 6.31. The first-order valence-electron chi connectivity index (χ1n) is 10.5. The van der Waals surface area contributed by atoms with Crippen LogP contribution < -0.4 is 5.32 Å². The highest BCUT2D eigenvalue weighted by Gasteiger charge is 2.12. The van der Waals surface area contributed by atoms with Gasteiger partial charge in [0, 0.05) is 37.3 Å². The number of nitrogens with zero attached hydrogens (tertiary/aromatic N) is 3. The molecular formula is C25H27ClN4O2. The standard InChI is InChI=1S/C25H27ClN4O2/c1-4-29(19(3)31)16-21-11-8-12-22(15-21)27-24(32)14-13-23-18(2)28-30(25(23)26)17-20-9-6-5-7-10-20/h5-15H,4,16-17H2,1-3H3,(H,27,32)/b14-13+. The number of amides is 2. The van der Waals surface area contributed by atoms with E-state index in [0.717, 1.165) is 16.8 Å². The van der Waals surface area contributed by atoms with Gasteiger partial charge in [-0.3, -0.25) is 9.59 Å². The number of hydrogen-bond donors (Lipinski definition) is 1. The lowest BCUT2D eigenvalue weighted by molar-refractivity contribution is -0.129. The molecule has 0 spiro atoms. The van der Waals surface area contributed by atoms with Gasteiger partial charge in [-0.1, -0.05) is 54.1 Å². The molecule has 0 radical (unpaired) electrons. The van der Waals surface area contributed by atoms with Crippen LogP contribution in [0, 0.1) is 6.92 Å². The average molecular weight is 451 g/mol. The zero-order valence-corrected chi connectivity index (χ0v) is 19.3. The molecule has 0 saturated carbocycles. The van der Waals surface area contributed by atoms with Crippen molar-refractivity contribution in [1.82, 2.24) is 14.7 Å².